The number of carboxylic acid groups (broad SMARTS) is 1. The summed E-state index contributed by atoms with van der Waals surface area (Å²) in [6.07, 6.45) is -1.23. The van der Waals surface area contributed by atoms with Gasteiger partial charge in [-0.05, 0) is 30.3 Å². The van der Waals surface area contributed by atoms with Gasteiger partial charge in [0.05, 0.1) is 40.9 Å². The maximum atomic E-state index is 12.3. The third-order valence-electron chi connectivity index (χ3n) is 4.61. The molecule has 2 N–H and O–H groups in total. The molecule has 0 fully saturated rings. The van der Waals surface area contributed by atoms with Crippen LogP contribution in [0.3, 0.4) is 0 Å². The fourth-order valence-corrected chi connectivity index (χ4v) is 3.44. The van der Waals surface area contributed by atoms with Crippen LogP contribution in [0.5, 0.6) is 5.75 Å². The normalized spacial score (nSPS) is 12.7. The second-order valence-corrected chi connectivity index (χ2v) is 6.00. The fraction of sp³-hybridized carbons (Fsp3) is 0.111. The fourth-order valence-electron chi connectivity index (χ4n) is 3.44. The third kappa shape index (κ3) is 2.40. The van der Waals surface area contributed by atoms with Crippen LogP contribution in [0.1, 0.15) is 15.9 Å². The summed E-state index contributed by atoms with van der Waals surface area (Å²) >= 11 is 0. The molecule has 1 aliphatic rings. The van der Waals surface area contributed by atoms with E-state index >= 15 is 0 Å². The number of nitro benzene ring substituents is 1. The van der Waals surface area contributed by atoms with Crippen LogP contribution in [-0.4, -0.2) is 33.7 Å². The molecule has 0 aliphatic carbocycles. The number of nitrogens with zero attached hydrogens (tertiary/aromatic N) is 2. The summed E-state index contributed by atoms with van der Waals surface area (Å²) in [5, 5.41) is 24.2. The van der Waals surface area contributed by atoms with Gasteiger partial charge in [-0.3, -0.25) is 14.9 Å². The predicted octanol–water partition coefficient (Wildman–Crippen LogP) is 2.99. The first-order valence-electron chi connectivity index (χ1n) is 7.94. The molecule has 0 atom stereocenters. The molecule has 2 aromatic carbocycles. The van der Waals surface area contributed by atoms with Crippen molar-refractivity contribution in [1.29, 1.82) is 0 Å². The Kier molecular flexibility index (Phi) is 3.58. The number of fused-ring (bicyclic) bond motifs is 2. The monoisotopic (exact) mass is 367 g/mol. The lowest BCUT2D eigenvalue weighted by Crippen LogP contribution is -2.14. The van der Waals surface area contributed by atoms with Crippen LogP contribution in [-0.2, 0) is 6.54 Å². The molecule has 4 rings (SSSR count). The van der Waals surface area contributed by atoms with Crippen molar-refractivity contribution < 1.29 is 24.4 Å². The highest BCUT2D eigenvalue weighted by atomic mass is 16.6. The summed E-state index contributed by atoms with van der Waals surface area (Å²) in [5.41, 5.74) is 1.21. The summed E-state index contributed by atoms with van der Waals surface area (Å²) in [6.45, 7) is 0.0272. The maximum absolute atomic E-state index is 12.3. The quantitative estimate of drug-likeness (QED) is 0.542. The summed E-state index contributed by atoms with van der Waals surface area (Å²) in [5.74, 6) is 0.0896. The molecular formula is C18H13N3O6. The van der Waals surface area contributed by atoms with Crippen molar-refractivity contribution in [3.05, 3.63) is 57.6 Å². The molecule has 3 aromatic rings. The van der Waals surface area contributed by atoms with E-state index in [1.165, 1.54) is 19.2 Å². The number of aromatic nitrogens is 1. The van der Waals surface area contributed by atoms with Gasteiger partial charge >= 0.3 is 6.09 Å². The first-order valence-corrected chi connectivity index (χ1v) is 7.94. The van der Waals surface area contributed by atoms with Gasteiger partial charge in [-0.15, -0.1) is 0 Å². The highest BCUT2D eigenvalue weighted by Crippen LogP contribution is 2.37. The molecule has 0 radical (unpaired) electrons. The van der Waals surface area contributed by atoms with E-state index in [-0.39, 0.29) is 29.1 Å². The number of ether oxygens (including phenoxy) is 1. The third-order valence-corrected chi connectivity index (χ3v) is 4.61. The van der Waals surface area contributed by atoms with E-state index in [0.717, 1.165) is 4.57 Å². The SMILES string of the molecule is COc1ccc2c(c1)cc(-c1ccc([N+](=O)[O-])c3c1C(=O)NC3)n2C(=O)O. The van der Waals surface area contributed by atoms with Gasteiger partial charge in [-0.1, -0.05) is 0 Å². The minimum absolute atomic E-state index is 0.0272. The van der Waals surface area contributed by atoms with Crippen molar-refractivity contribution in [2.24, 2.45) is 0 Å². The zero-order valence-electron chi connectivity index (χ0n) is 14.1. The molecule has 0 saturated heterocycles. The average Bonchev–Trinajstić information content (AvgIpc) is 3.21. The van der Waals surface area contributed by atoms with Crippen LogP contribution in [0.15, 0.2) is 36.4 Å². The van der Waals surface area contributed by atoms with E-state index in [4.69, 9.17) is 4.74 Å². The average molecular weight is 367 g/mol. The topological polar surface area (TPSA) is 124 Å². The van der Waals surface area contributed by atoms with Gasteiger partial charge in [0.15, 0.2) is 0 Å². The van der Waals surface area contributed by atoms with Gasteiger partial charge in [0, 0.05) is 17.0 Å². The molecule has 1 amide bonds. The Labute approximate surface area is 151 Å². The lowest BCUT2D eigenvalue weighted by atomic mass is 9.98. The Balaban J connectivity index is 2.05. The van der Waals surface area contributed by atoms with Crippen LogP contribution >= 0.6 is 0 Å². The van der Waals surface area contributed by atoms with Gasteiger partial charge in [0.2, 0.25) is 0 Å². The molecule has 136 valence electrons. The van der Waals surface area contributed by atoms with Gasteiger partial charge in [0.25, 0.3) is 11.6 Å². The molecule has 1 aromatic heterocycles. The van der Waals surface area contributed by atoms with E-state index < -0.39 is 16.9 Å². The van der Waals surface area contributed by atoms with Crippen molar-refractivity contribution in [2.75, 3.05) is 7.11 Å². The largest absolute Gasteiger partial charge is 0.497 e. The zero-order chi connectivity index (χ0) is 19.3. The number of benzene rings is 2. The van der Waals surface area contributed by atoms with Gasteiger partial charge in [-0.25, -0.2) is 9.36 Å². The van der Waals surface area contributed by atoms with Crippen LogP contribution < -0.4 is 10.1 Å². The second-order valence-electron chi connectivity index (χ2n) is 6.00. The molecule has 2 heterocycles. The van der Waals surface area contributed by atoms with Crippen molar-refractivity contribution >= 4 is 28.6 Å². The second kappa shape index (κ2) is 5.84. The summed E-state index contributed by atoms with van der Waals surface area (Å²) in [4.78, 5) is 34.9. The lowest BCUT2D eigenvalue weighted by molar-refractivity contribution is -0.385. The number of rotatable bonds is 3. The van der Waals surface area contributed by atoms with Crippen molar-refractivity contribution in [1.82, 2.24) is 9.88 Å². The number of nitrogens with one attached hydrogen (secondary N) is 1. The van der Waals surface area contributed by atoms with Crippen molar-refractivity contribution in [3.63, 3.8) is 0 Å². The Morgan fingerprint density at radius 3 is 2.74 bits per heavy atom. The van der Waals surface area contributed by atoms with Crippen LogP contribution in [0.2, 0.25) is 0 Å². The Morgan fingerprint density at radius 1 is 1.30 bits per heavy atom. The van der Waals surface area contributed by atoms with E-state index in [0.29, 0.717) is 22.2 Å². The number of carbonyl (C=O) groups is 2. The summed E-state index contributed by atoms with van der Waals surface area (Å²) in [7, 11) is 1.50. The minimum atomic E-state index is -1.23. The highest BCUT2D eigenvalue weighted by molar-refractivity contribution is 6.07. The molecule has 0 saturated carbocycles. The summed E-state index contributed by atoms with van der Waals surface area (Å²) < 4.78 is 6.23. The van der Waals surface area contributed by atoms with Crippen molar-refractivity contribution in [2.45, 2.75) is 6.54 Å². The Hall–Kier alpha value is -3.88. The van der Waals surface area contributed by atoms with E-state index in [9.17, 15) is 24.8 Å². The van der Waals surface area contributed by atoms with E-state index in [1.807, 2.05) is 0 Å². The Morgan fingerprint density at radius 2 is 2.07 bits per heavy atom. The van der Waals surface area contributed by atoms with Crippen LogP contribution in [0.25, 0.3) is 22.2 Å². The zero-order valence-corrected chi connectivity index (χ0v) is 14.1. The highest BCUT2D eigenvalue weighted by Gasteiger charge is 2.32. The van der Waals surface area contributed by atoms with Crippen LogP contribution in [0, 0.1) is 10.1 Å². The number of amides is 1. The Bertz CT molecular complexity index is 1150. The first-order chi connectivity index (χ1) is 12.9. The van der Waals surface area contributed by atoms with Gasteiger partial charge < -0.3 is 15.2 Å². The smallest absolute Gasteiger partial charge is 0.416 e. The molecule has 0 unspecified atom stereocenters. The lowest BCUT2D eigenvalue weighted by Gasteiger charge is -2.09. The number of methoxy groups -OCH3 is 1. The number of hydrogen-bond donors (Lipinski definition) is 2. The van der Waals surface area contributed by atoms with Gasteiger partial charge in [-0.2, -0.15) is 0 Å². The van der Waals surface area contributed by atoms with Gasteiger partial charge in [0.1, 0.15) is 5.75 Å². The van der Waals surface area contributed by atoms with E-state index in [1.54, 1.807) is 24.3 Å². The molecule has 0 bridgehead atoms. The predicted molar refractivity (Wildman–Crippen MR) is 95.2 cm³/mol. The van der Waals surface area contributed by atoms with Crippen LogP contribution in [0.4, 0.5) is 10.5 Å². The standard InChI is InChI=1S/C18H13N3O6/c1-27-10-2-4-13-9(6-10)7-15(20(13)18(23)24)11-3-5-14(21(25)26)12-8-19-17(22)16(11)12/h2-7H,8H2,1H3,(H,19,22)(H,23,24). The molecule has 9 nitrogen and oxygen atoms in total. The molecule has 9 heteroatoms. The number of hydrogen-bond acceptors (Lipinski definition) is 5. The number of nitro groups is 1. The summed E-state index contributed by atoms with van der Waals surface area (Å²) in [6, 6.07) is 9.25. The molecule has 27 heavy (non-hydrogen) atoms. The molecule has 0 spiro atoms. The van der Waals surface area contributed by atoms with E-state index in [2.05, 4.69) is 5.32 Å². The minimum Gasteiger partial charge on any atom is -0.497 e. The molecule has 1 aliphatic heterocycles. The maximum Gasteiger partial charge on any atom is 0.416 e. The first kappa shape index (κ1) is 16.6. The molecular weight excluding hydrogens is 354 g/mol. The number of carbonyl (C=O) groups excluding carboxylic acids is 1. The van der Waals surface area contributed by atoms with Crippen molar-refractivity contribution in [3.8, 4) is 17.0 Å².